The summed E-state index contributed by atoms with van der Waals surface area (Å²) >= 11 is 0. The molecule has 3 heteroatoms. The lowest BCUT2D eigenvalue weighted by Gasteiger charge is -2.13. The standard InChI is InChI=1S/C13H17NO2/c15-13(16)12-9-5-8-11(14-12)10-6-3-1-2-4-7-10/h5,8-10H,1-4,6-7H2,(H,15,16). The number of carboxylic acid groups (broad SMARTS) is 1. The van der Waals surface area contributed by atoms with Crippen LogP contribution < -0.4 is 0 Å². The first kappa shape index (κ1) is 11.1. The zero-order chi connectivity index (χ0) is 11.4. The van der Waals surface area contributed by atoms with Crippen molar-refractivity contribution in [2.45, 2.75) is 44.4 Å². The SMILES string of the molecule is O=C(O)c1cccc(C2CCCCCC2)n1. The number of pyridine rings is 1. The predicted octanol–water partition coefficient (Wildman–Crippen LogP) is 3.22. The summed E-state index contributed by atoms with van der Waals surface area (Å²) < 4.78 is 0. The molecule has 1 aromatic rings. The third-order valence-electron chi connectivity index (χ3n) is 3.26. The molecule has 86 valence electrons. The summed E-state index contributed by atoms with van der Waals surface area (Å²) in [6.07, 6.45) is 7.38. The number of aromatic carboxylic acids is 1. The van der Waals surface area contributed by atoms with Crippen LogP contribution in [0.2, 0.25) is 0 Å². The van der Waals surface area contributed by atoms with Crippen LogP contribution in [-0.4, -0.2) is 16.1 Å². The molecule has 1 aliphatic carbocycles. The van der Waals surface area contributed by atoms with Crippen LogP contribution in [0.4, 0.5) is 0 Å². The quantitative estimate of drug-likeness (QED) is 0.777. The van der Waals surface area contributed by atoms with Crippen LogP contribution in [0.15, 0.2) is 18.2 Å². The molecule has 1 aliphatic rings. The van der Waals surface area contributed by atoms with Crippen LogP contribution in [0.1, 0.15) is 60.6 Å². The minimum atomic E-state index is -0.935. The second kappa shape index (κ2) is 5.10. The Balaban J connectivity index is 2.18. The van der Waals surface area contributed by atoms with Gasteiger partial charge in [-0.25, -0.2) is 9.78 Å². The lowest BCUT2D eigenvalue weighted by molar-refractivity contribution is 0.0690. The van der Waals surface area contributed by atoms with Crippen molar-refractivity contribution in [2.24, 2.45) is 0 Å². The summed E-state index contributed by atoms with van der Waals surface area (Å²) in [5.74, 6) is -0.475. The molecule has 0 unspecified atom stereocenters. The zero-order valence-electron chi connectivity index (χ0n) is 9.35. The average Bonchev–Trinajstić information content (AvgIpc) is 2.57. The highest BCUT2D eigenvalue weighted by atomic mass is 16.4. The monoisotopic (exact) mass is 219 g/mol. The van der Waals surface area contributed by atoms with E-state index in [-0.39, 0.29) is 5.69 Å². The molecule has 1 saturated carbocycles. The normalized spacial score (nSPS) is 18.0. The Labute approximate surface area is 95.5 Å². The van der Waals surface area contributed by atoms with E-state index in [9.17, 15) is 4.79 Å². The van der Waals surface area contributed by atoms with Gasteiger partial charge in [0.15, 0.2) is 0 Å². The lowest BCUT2D eigenvalue weighted by Crippen LogP contribution is -2.06. The fraction of sp³-hybridized carbons (Fsp3) is 0.538. The van der Waals surface area contributed by atoms with Crippen molar-refractivity contribution in [2.75, 3.05) is 0 Å². The molecule has 0 aliphatic heterocycles. The summed E-state index contributed by atoms with van der Waals surface area (Å²) in [5.41, 5.74) is 1.13. The largest absolute Gasteiger partial charge is 0.477 e. The van der Waals surface area contributed by atoms with Gasteiger partial charge in [-0.05, 0) is 25.0 Å². The maximum Gasteiger partial charge on any atom is 0.354 e. The lowest BCUT2D eigenvalue weighted by atomic mass is 9.96. The molecular formula is C13H17NO2. The van der Waals surface area contributed by atoms with Crippen LogP contribution in [0.25, 0.3) is 0 Å². The predicted molar refractivity (Wildman–Crippen MR) is 61.6 cm³/mol. The van der Waals surface area contributed by atoms with Crippen molar-refractivity contribution >= 4 is 5.97 Å². The van der Waals surface area contributed by atoms with Crippen LogP contribution >= 0.6 is 0 Å². The minimum Gasteiger partial charge on any atom is -0.477 e. The molecule has 1 N–H and O–H groups in total. The van der Waals surface area contributed by atoms with Crippen molar-refractivity contribution in [3.63, 3.8) is 0 Å². The van der Waals surface area contributed by atoms with E-state index in [1.165, 1.54) is 25.7 Å². The fourth-order valence-corrected chi connectivity index (χ4v) is 2.37. The van der Waals surface area contributed by atoms with Gasteiger partial charge in [-0.3, -0.25) is 0 Å². The molecule has 1 heterocycles. The van der Waals surface area contributed by atoms with E-state index in [0.717, 1.165) is 18.5 Å². The highest BCUT2D eigenvalue weighted by Gasteiger charge is 2.16. The summed E-state index contributed by atoms with van der Waals surface area (Å²) in [4.78, 5) is 15.1. The van der Waals surface area contributed by atoms with Crippen molar-refractivity contribution < 1.29 is 9.90 Å². The van der Waals surface area contributed by atoms with Crippen LogP contribution in [0.5, 0.6) is 0 Å². The van der Waals surface area contributed by atoms with Gasteiger partial charge in [0, 0.05) is 11.6 Å². The van der Waals surface area contributed by atoms with E-state index >= 15 is 0 Å². The molecule has 1 fully saturated rings. The number of carbonyl (C=O) groups is 1. The molecule has 0 atom stereocenters. The molecule has 2 rings (SSSR count). The molecule has 16 heavy (non-hydrogen) atoms. The van der Waals surface area contributed by atoms with E-state index in [0.29, 0.717) is 5.92 Å². The van der Waals surface area contributed by atoms with Crippen molar-refractivity contribution in [3.8, 4) is 0 Å². The van der Waals surface area contributed by atoms with Crippen LogP contribution in [0.3, 0.4) is 0 Å². The highest BCUT2D eigenvalue weighted by molar-refractivity contribution is 5.85. The summed E-state index contributed by atoms with van der Waals surface area (Å²) in [6, 6.07) is 5.32. The van der Waals surface area contributed by atoms with Gasteiger partial charge < -0.3 is 5.11 Å². The van der Waals surface area contributed by atoms with E-state index in [1.807, 2.05) is 6.07 Å². The number of aromatic nitrogens is 1. The zero-order valence-corrected chi connectivity index (χ0v) is 9.35. The average molecular weight is 219 g/mol. The number of hydrogen-bond donors (Lipinski definition) is 1. The van der Waals surface area contributed by atoms with Crippen molar-refractivity contribution in [3.05, 3.63) is 29.6 Å². The molecular weight excluding hydrogens is 202 g/mol. The highest BCUT2D eigenvalue weighted by Crippen LogP contribution is 2.30. The molecule has 0 radical (unpaired) electrons. The van der Waals surface area contributed by atoms with Crippen molar-refractivity contribution in [1.29, 1.82) is 0 Å². The molecule has 0 aromatic carbocycles. The minimum absolute atomic E-state index is 0.168. The second-order valence-electron chi connectivity index (χ2n) is 4.44. The second-order valence-corrected chi connectivity index (χ2v) is 4.44. The van der Waals surface area contributed by atoms with Gasteiger partial charge in [0.1, 0.15) is 5.69 Å². The molecule has 3 nitrogen and oxygen atoms in total. The Kier molecular flexibility index (Phi) is 3.54. The Bertz CT molecular complexity index is 368. The smallest absolute Gasteiger partial charge is 0.354 e. The molecule has 1 aromatic heterocycles. The number of hydrogen-bond acceptors (Lipinski definition) is 2. The first-order valence-corrected chi connectivity index (χ1v) is 5.97. The Hall–Kier alpha value is -1.38. The van der Waals surface area contributed by atoms with Gasteiger partial charge in [-0.2, -0.15) is 0 Å². The summed E-state index contributed by atoms with van der Waals surface area (Å²) in [6.45, 7) is 0. The van der Waals surface area contributed by atoms with Gasteiger partial charge in [0.25, 0.3) is 0 Å². The molecule has 0 amide bonds. The number of carboxylic acids is 1. The van der Waals surface area contributed by atoms with Gasteiger partial charge in [-0.15, -0.1) is 0 Å². The van der Waals surface area contributed by atoms with Crippen LogP contribution in [0, 0.1) is 0 Å². The Morgan fingerprint density at radius 2 is 1.88 bits per heavy atom. The van der Waals surface area contributed by atoms with Gasteiger partial charge in [0.2, 0.25) is 0 Å². The van der Waals surface area contributed by atoms with E-state index in [4.69, 9.17) is 5.11 Å². The van der Waals surface area contributed by atoms with Gasteiger partial charge in [0.05, 0.1) is 0 Å². The molecule has 0 spiro atoms. The van der Waals surface area contributed by atoms with E-state index in [2.05, 4.69) is 4.98 Å². The van der Waals surface area contributed by atoms with Crippen LogP contribution in [-0.2, 0) is 0 Å². The summed E-state index contributed by atoms with van der Waals surface area (Å²) in [5, 5.41) is 8.90. The third-order valence-corrected chi connectivity index (χ3v) is 3.26. The Morgan fingerprint density at radius 3 is 2.50 bits per heavy atom. The number of nitrogens with zero attached hydrogens (tertiary/aromatic N) is 1. The fourth-order valence-electron chi connectivity index (χ4n) is 2.37. The first-order valence-electron chi connectivity index (χ1n) is 5.97. The molecule has 0 saturated heterocycles. The van der Waals surface area contributed by atoms with E-state index in [1.54, 1.807) is 12.1 Å². The van der Waals surface area contributed by atoms with Crippen molar-refractivity contribution in [1.82, 2.24) is 4.98 Å². The Morgan fingerprint density at radius 1 is 1.19 bits per heavy atom. The van der Waals surface area contributed by atoms with E-state index < -0.39 is 5.97 Å². The van der Waals surface area contributed by atoms with Gasteiger partial charge in [-0.1, -0.05) is 31.7 Å². The first-order chi connectivity index (χ1) is 7.77. The topological polar surface area (TPSA) is 50.2 Å². The summed E-state index contributed by atoms with van der Waals surface area (Å²) in [7, 11) is 0. The molecule has 0 bridgehead atoms. The maximum atomic E-state index is 10.8. The third kappa shape index (κ3) is 2.60. The number of rotatable bonds is 2. The van der Waals surface area contributed by atoms with Gasteiger partial charge >= 0.3 is 5.97 Å². The maximum absolute atomic E-state index is 10.8.